The standard InChI is InChI=1S/C12H14BrNO/c13-12-4-2-1-3-9(12)6-14-7-10-5-11(8-14)15-10/h1-4,10-11H,5-8H2. The van der Waals surface area contributed by atoms with Crippen LogP contribution in [-0.2, 0) is 11.3 Å². The van der Waals surface area contributed by atoms with Crippen LogP contribution in [0.2, 0.25) is 0 Å². The summed E-state index contributed by atoms with van der Waals surface area (Å²) in [7, 11) is 0. The Morgan fingerprint density at radius 2 is 1.93 bits per heavy atom. The molecule has 80 valence electrons. The zero-order valence-corrected chi connectivity index (χ0v) is 10.1. The average molecular weight is 268 g/mol. The van der Waals surface area contributed by atoms with Crippen LogP contribution < -0.4 is 0 Å². The summed E-state index contributed by atoms with van der Waals surface area (Å²) in [5.41, 5.74) is 1.37. The van der Waals surface area contributed by atoms with Crippen LogP contribution in [0.25, 0.3) is 0 Å². The van der Waals surface area contributed by atoms with Crippen molar-refractivity contribution in [2.75, 3.05) is 13.1 Å². The molecule has 15 heavy (non-hydrogen) atoms. The lowest BCUT2D eigenvalue weighted by atomic mass is 9.98. The van der Waals surface area contributed by atoms with Crippen molar-refractivity contribution in [3.63, 3.8) is 0 Å². The van der Waals surface area contributed by atoms with E-state index in [0.717, 1.165) is 19.6 Å². The predicted octanol–water partition coefficient (Wildman–Crippen LogP) is 2.42. The van der Waals surface area contributed by atoms with Crippen molar-refractivity contribution in [3.05, 3.63) is 34.3 Å². The number of fused-ring (bicyclic) bond motifs is 2. The minimum absolute atomic E-state index is 0.506. The molecule has 3 heteroatoms. The smallest absolute Gasteiger partial charge is 0.0731 e. The lowest BCUT2D eigenvalue weighted by molar-refractivity contribution is -0.182. The maximum Gasteiger partial charge on any atom is 0.0731 e. The molecule has 0 spiro atoms. The summed E-state index contributed by atoms with van der Waals surface area (Å²) in [5, 5.41) is 0. The van der Waals surface area contributed by atoms with E-state index in [-0.39, 0.29) is 0 Å². The third-order valence-electron chi connectivity index (χ3n) is 3.19. The topological polar surface area (TPSA) is 12.5 Å². The highest BCUT2D eigenvalue weighted by atomic mass is 79.9. The third kappa shape index (κ3) is 1.96. The van der Waals surface area contributed by atoms with E-state index in [1.807, 2.05) is 0 Å². The Morgan fingerprint density at radius 3 is 2.60 bits per heavy atom. The van der Waals surface area contributed by atoms with E-state index in [4.69, 9.17) is 4.74 Å². The number of rotatable bonds is 2. The van der Waals surface area contributed by atoms with Gasteiger partial charge in [-0.05, 0) is 11.6 Å². The van der Waals surface area contributed by atoms with Gasteiger partial charge in [-0.2, -0.15) is 0 Å². The van der Waals surface area contributed by atoms with E-state index in [2.05, 4.69) is 45.1 Å². The van der Waals surface area contributed by atoms with Gasteiger partial charge in [-0.15, -0.1) is 0 Å². The van der Waals surface area contributed by atoms with Crippen molar-refractivity contribution in [3.8, 4) is 0 Å². The summed E-state index contributed by atoms with van der Waals surface area (Å²) in [4.78, 5) is 2.49. The molecular formula is C12H14BrNO. The van der Waals surface area contributed by atoms with Crippen LogP contribution in [0.4, 0.5) is 0 Å². The van der Waals surface area contributed by atoms with Crippen molar-refractivity contribution in [1.29, 1.82) is 0 Å². The minimum Gasteiger partial charge on any atom is -0.372 e. The number of benzene rings is 1. The molecule has 3 heterocycles. The molecule has 1 aromatic carbocycles. The maximum absolute atomic E-state index is 5.62. The van der Waals surface area contributed by atoms with E-state index in [1.165, 1.54) is 16.5 Å². The molecule has 0 amide bonds. The summed E-state index contributed by atoms with van der Waals surface area (Å²) in [5.74, 6) is 0. The predicted molar refractivity (Wildman–Crippen MR) is 62.7 cm³/mol. The average Bonchev–Trinajstić information content (AvgIpc) is 2.21. The van der Waals surface area contributed by atoms with Crippen LogP contribution >= 0.6 is 15.9 Å². The maximum atomic E-state index is 5.62. The molecule has 0 aromatic heterocycles. The van der Waals surface area contributed by atoms with Crippen LogP contribution in [-0.4, -0.2) is 30.2 Å². The minimum atomic E-state index is 0.506. The molecule has 2 unspecified atom stereocenters. The lowest BCUT2D eigenvalue weighted by Gasteiger charge is -2.47. The van der Waals surface area contributed by atoms with Crippen LogP contribution in [0.3, 0.4) is 0 Å². The fourth-order valence-electron chi connectivity index (χ4n) is 2.44. The van der Waals surface area contributed by atoms with Crippen molar-refractivity contribution < 1.29 is 4.74 Å². The number of nitrogens with zero attached hydrogens (tertiary/aromatic N) is 1. The zero-order chi connectivity index (χ0) is 10.3. The van der Waals surface area contributed by atoms with Gasteiger partial charge in [0.15, 0.2) is 0 Å². The first-order valence-electron chi connectivity index (χ1n) is 5.42. The SMILES string of the molecule is Brc1ccccc1CN1CC2CC(C1)O2. The third-order valence-corrected chi connectivity index (χ3v) is 3.96. The number of morpholine rings is 1. The van der Waals surface area contributed by atoms with Crippen molar-refractivity contribution in [1.82, 2.24) is 4.90 Å². The van der Waals surface area contributed by atoms with Crippen LogP contribution in [0.1, 0.15) is 12.0 Å². The second kappa shape index (κ2) is 3.89. The van der Waals surface area contributed by atoms with Crippen LogP contribution in [0, 0.1) is 0 Å². The fourth-order valence-corrected chi connectivity index (χ4v) is 2.85. The molecule has 3 saturated heterocycles. The molecule has 3 aliphatic rings. The Hall–Kier alpha value is -0.380. The van der Waals surface area contributed by atoms with E-state index >= 15 is 0 Å². The Kier molecular flexibility index (Phi) is 2.54. The first kappa shape index (κ1) is 9.82. The van der Waals surface area contributed by atoms with E-state index < -0.39 is 0 Å². The molecule has 4 rings (SSSR count). The second-order valence-corrected chi connectivity index (χ2v) is 5.26. The Bertz CT molecular complexity index is 352. The Labute approximate surface area is 98.4 Å². The molecule has 1 aromatic rings. The molecule has 2 nitrogen and oxygen atoms in total. The highest BCUT2D eigenvalue weighted by Gasteiger charge is 2.37. The zero-order valence-electron chi connectivity index (χ0n) is 8.53. The number of hydrogen-bond donors (Lipinski definition) is 0. The molecule has 3 fully saturated rings. The van der Waals surface area contributed by atoms with Gasteiger partial charge >= 0.3 is 0 Å². The van der Waals surface area contributed by atoms with Gasteiger partial charge in [-0.25, -0.2) is 0 Å². The lowest BCUT2D eigenvalue weighted by Crippen LogP contribution is -2.56. The van der Waals surface area contributed by atoms with Gasteiger partial charge in [-0.3, -0.25) is 4.90 Å². The number of ether oxygens (including phenoxy) is 1. The Balaban J connectivity index is 1.68. The first-order chi connectivity index (χ1) is 7.31. The molecule has 0 aliphatic carbocycles. The number of piperidine rings is 1. The highest BCUT2D eigenvalue weighted by Crippen LogP contribution is 2.29. The van der Waals surface area contributed by atoms with Gasteiger partial charge in [0.05, 0.1) is 12.2 Å². The van der Waals surface area contributed by atoms with Gasteiger partial charge in [-0.1, -0.05) is 34.1 Å². The summed E-state index contributed by atoms with van der Waals surface area (Å²) in [6.45, 7) is 3.23. The summed E-state index contributed by atoms with van der Waals surface area (Å²) >= 11 is 3.59. The summed E-state index contributed by atoms with van der Waals surface area (Å²) in [6.07, 6.45) is 2.28. The molecule has 0 saturated carbocycles. The molecule has 0 N–H and O–H groups in total. The largest absolute Gasteiger partial charge is 0.372 e. The van der Waals surface area contributed by atoms with Crippen molar-refractivity contribution >= 4 is 15.9 Å². The fraction of sp³-hybridized carbons (Fsp3) is 0.500. The summed E-state index contributed by atoms with van der Waals surface area (Å²) < 4.78 is 6.83. The number of halogens is 1. The van der Waals surface area contributed by atoms with E-state index in [9.17, 15) is 0 Å². The molecule has 3 aliphatic heterocycles. The van der Waals surface area contributed by atoms with Gasteiger partial charge in [0.2, 0.25) is 0 Å². The molecule has 0 radical (unpaired) electrons. The van der Waals surface area contributed by atoms with Crippen molar-refractivity contribution in [2.24, 2.45) is 0 Å². The van der Waals surface area contributed by atoms with E-state index in [0.29, 0.717) is 12.2 Å². The Morgan fingerprint density at radius 1 is 1.27 bits per heavy atom. The van der Waals surface area contributed by atoms with Gasteiger partial charge in [0, 0.05) is 30.5 Å². The summed E-state index contributed by atoms with van der Waals surface area (Å²) in [6, 6.07) is 8.45. The van der Waals surface area contributed by atoms with Crippen molar-refractivity contribution in [2.45, 2.75) is 25.2 Å². The quantitative estimate of drug-likeness (QED) is 0.816. The van der Waals surface area contributed by atoms with Crippen LogP contribution in [0.5, 0.6) is 0 Å². The monoisotopic (exact) mass is 267 g/mol. The van der Waals surface area contributed by atoms with Crippen LogP contribution in [0.15, 0.2) is 28.7 Å². The van der Waals surface area contributed by atoms with E-state index in [1.54, 1.807) is 0 Å². The molecule has 2 bridgehead atoms. The van der Waals surface area contributed by atoms with Gasteiger partial charge in [0.25, 0.3) is 0 Å². The highest BCUT2D eigenvalue weighted by molar-refractivity contribution is 9.10. The van der Waals surface area contributed by atoms with Gasteiger partial charge < -0.3 is 4.74 Å². The van der Waals surface area contributed by atoms with Gasteiger partial charge in [0.1, 0.15) is 0 Å². The normalized spacial score (nSPS) is 29.9. The molecule has 2 atom stereocenters. The number of hydrogen-bond acceptors (Lipinski definition) is 2. The first-order valence-corrected chi connectivity index (χ1v) is 6.22. The second-order valence-electron chi connectivity index (χ2n) is 4.40. The molecular weight excluding hydrogens is 254 g/mol.